The summed E-state index contributed by atoms with van der Waals surface area (Å²) in [4.78, 5) is 33.2. The van der Waals surface area contributed by atoms with Crippen LogP contribution < -0.4 is 5.11 Å². The molecule has 0 saturated heterocycles. The Morgan fingerprint density at radius 2 is 0.923 bits per heavy atom. The van der Waals surface area contributed by atoms with Crippen molar-refractivity contribution in [3.63, 3.8) is 0 Å². The summed E-state index contributed by atoms with van der Waals surface area (Å²) in [6.07, 6.45) is 28.7. The number of allylic oxidation sites excluding steroid dienone is 1. The van der Waals surface area contributed by atoms with Crippen molar-refractivity contribution in [2.24, 2.45) is 0 Å². The van der Waals surface area contributed by atoms with Gasteiger partial charge in [-0.2, -0.15) is 0 Å². The zero-order valence-electron chi connectivity index (χ0n) is 25.0. The molecule has 39 heavy (non-hydrogen) atoms. The SMILES string of the molecule is CCCCCCCCCCCCCCCCCCCC/C=C/C[N+](CCC(=O)[O-])(CCC(=O)O)CCC(=O)O. The first-order chi connectivity index (χ1) is 18.8. The van der Waals surface area contributed by atoms with E-state index in [1.807, 2.05) is 6.08 Å². The maximum Gasteiger partial charge on any atom is 0.309 e. The van der Waals surface area contributed by atoms with Gasteiger partial charge in [0.2, 0.25) is 0 Å². The Balaban J connectivity index is 3.91. The van der Waals surface area contributed by atoms with Crippen molar-refractivity contribution in [3.05, 3.63) is 12.2 Å². The molecule has 7 heteroatoms. The predicted molar refractivity (Wildman–Crippen MR) is 156 cm³/mol. The minimum absolute atomic E-state index is 0.125. The second-order valence-corrected chi connectivity index (χ2v) is 11.4. The number of hydrogen-bond donors (Lipinski definition) is 2. The van der Waals surface area contributed by atoms with Crippen LogP contribution in [0.2, 0.25) is 0 Å². The zero-order valence-corrected chi connectivity index (χ0v) is 25.0. The van der Waals surface area contributed by atoms with E-state index in [1.54, 1.807) is 0 Å². The maximum absolute atomic E-state index is 11.1. The van der Waals surface area contributed by atoms with Crippen molar-refractivity contribution in [2.45, 2.75) is 148 Å². The lowest BCUT2D eigenvalue weighted by atomic mass is 10.0. The minimum atomic E-state index is -1.20. The average Bonchev–Trinajstić information content (AvgIpc) is 2.90. The highest BCUT2D eigenvalue weighted by atomic mass is 16.4. The molecule has 0 aliphatic carbocycles. The fraction of sp³-hybridized carbons (Fsp3) is 0.844. The van der Waals surface area contributed by atoms with E-state index < -0.39 is 17.9 Å². The molecular formula is C32H59NO6. The van der Waals surface area contributed by atoms with Gasteiger partial charge in [0.05, 0.1) is 39.0 Å². The van der Waals surface area contributed by atoms with Gasteiger partial charge in [0.15, 0.2) is 0 Å². The summed E-state index contributed by atoms with van der Waals surface area (Å²) in [5, 5.41) is 29.2. The van der Waals surface area contributed by atoms with E-state index in [4.69, 9.17) is 10.2 Å². The number of rotatable bonds is 30. The van der Waals surface area contributed by atoms with Gasteiger partial charge in [-0.25, -0.2) is 0 Å². The molecule has 0 amide bonds. The van der Waals surface area contributed by atoms with E-state index in [-0.39, 0.29) is 43.4 Å². The van der Waals surface area contributed by atoms with Crippen molar-refractivity contribution >= 4 is 17.9 Å². The average molecular weight is 554 g/mol. The number of carboxylic acids is 3. The Kier molecular flexibility index (Phi) is 25.1. The van der Waals surface area contributed by atoms with Gasteiger partial charge < -0.3 is 24.6 Å². The zero-order chi connectivity index (χ0) is 29.0. The molecule has 0 aliphatic heterocycles. The summed E-state index contributed by atoms with van der Waals surface area (Å²) in [5.74, 6) is -3.14. The number of aliphatic carboxylic acids is 3. The lowest BCUT2D eigenvalue weighted by Gasteiger charge is -2.37. The van der Waals surface area contributed by atoms with E-state index in [1.165, 1.54) is 109 Å². The monoisotopic (exact) mass is 553 g/mol. The number of quaternary nitrogens is 1. The van der Waals surface area contributed by atoms with Crippen LogP contribution in [0.25, 0.3) is 0 Å². The fourth-order valence-electron chi connectivity index (χ4n) is 5.18. The molecule has 0 spiro atoms. The first kappa shape index (κ1) is 37.1. The molecule has 0 rings (SSSR count). The first-order valence-electron chi connectivity index (χ1n) is 15.9. The van der Waals surface area contributed by atoms with Crippen molar-refractivity contribution in [1.82, 2.24) is 0 Å². The summed E-state index contributed by atoms with van der Waals surface area (Å²) in [6.45, 7) is 3.30. The number of carbonyl (C=O) groups is 3. The number of nitrogens with zero attached hydrogens (tertiary/aromatic N) is 1. The van der Waals surface area contributed by atoms with Crippen molar-refractivity contribution in [1.29, 1.82) is 0 Å². The van der Waals surface area contributed by atoms with Crippen LogP contribution in [0.4, 0.5) is 0 Å². The molecule has 228 valence electrons. The van der Waals surface area contributed by atoms with Crippen molar-refractivity contribution in [2.75, 3.05) is 26.2 Å². The largest absolute Gasteiger partial charge is 0.550 e. The number of carboxylic acid groups (broad SMARTS) is 3. The number of unbranched alkanes of at least 4 members (excludes halogenated alkanes) is 18. The highest BCUT2D eigenvalue weighted by Gasteiger charge is 2.27. The van der Waals surface area contributed by atoms with Crippen LogP contribution >= 0.6 is 0 Å². The van der Waals surface area contributed by atoms with Crippen LogP contribution in [0.15, 0.2) is 12.2 Å². The van der Waals surface area contributed by atoms with Crippen LogP contribution in [0, 0.1) is 0 Å². The van der Waals surface area contributed by atoms with Crippen LogP contribution in [0.5, 0.6) is 0 Å². The van der Waals surface area contributed by atoms with Crippen LogP contribution in [-0.2, 0) is 14.4 Å². The second kappa shape index (κ2) is 26.3. The molecular weight excluding hydrogens is 494 g/mol. The predicted octanol–water partition coefficient (Wildman–Crippen LogP) is 6.88. The molecule has 0 radical (unpaired) electrons. The summed E-state index contributed by atoms with van der Waals surface area (Å²) in [7, 11) is 0. The molecule has 0 fully saturated rings. The van der Waals surface area contributed by atoms with Gasteiger partial charge in [0.1, 0.15) is 0 Å². The fourth-order valence-corrected chi connectivity index (χ4v) is 5.18. The van der Waals surface area contributed by atoms with Gasteiger partial charge >= 0.3 is 11.9 Å². The quantitative estimate of drug-likeness (QED) is 0.0569. The molecule has 0 aromatic carbocycles. The Hall–Kier alpha value is -1.89. The minimum Gasteiger partial charge on any atom is -0.550 e. The number of carbonyl (C=O) groups excluding carboxylic acids is 1. The summed E-state index contributed by atoms with van der Waals surface area (Å²) in [5.41, 5.74) is 0. The third kappa shape index (κ3) is 26.1. The molecule has 2 N–H and O–H groups in total. The van der Waals surface area contributed by atoms with E-state index >= 15 is 0 Å². The van der Waals surface area contributed by atoms with Gasteiger partial charge in [0.25, 0.3) is 0 Å². The molecule has 0 unspecified atom stereocenters. The van der Waals surface area contributed by atoms with E-state index in [2.05, 4.69) is 13.0 Å². The van der Waals surface area contributed by atoms with Crippen molar-refractivity contribution in [3.8, 4) is 0 Å². The second-order valence-electron chi connectivity index (χ2n) is 11.4. The Bertz CT molecular complexity index is 603. The van der Waals surface area contributed by atoms with Gasteiger partial charge in [-0.05, 0) is 18.9 Å². The Morgan fingerprint density at radius 1 is 0.564 bits per heavy atom. The highest BCUT2D eigenvalue weighted by Crippen LogP contribution is 2.16. The van der Waals surface area contributed by atoms with Crippen LogP contribution in [0.1, 0.15) is 148 Å². The molecule has 0 bridgehead atoms. The summed E-state index contributed by atoms with van der Waals surface area (Å²) < 4.78 is 0.141. The maximum atomic E-state index is 11.1. The standard InChI is InChI=1S/C32H59NO6/c1-2-3-4-5-6-7-8-9-10-11-12-13-14-15-16-17-18-19-20-21-22-26-33(27-23-30(34)35,28-24-31(36)37)29-25-32(38)39/h21-22H,2-20,23-29H2,1H3,(H2-,34,35,36,37,38,39)/b22-21+. The molecule has 0 aliphatic rings. The third-order valence-electron chi connectivity index (χ3n) is 7.77. The van der Waals surface area contributed by atoms with Crippen LogP contribution in [-0.4, -0.2) is 58.8 Å². The highest BCUT2D eigenvalue weighted by molar-refractivity contribution is 5.67. The Labute approximate surface area is 238 Å². The number of hydrogen-bond acceptors (Lipinski definition) is 4. The molecule has 0 aromatic rings. The third-order valence-corrected chi connectivity index (χ3v) is 7.77. The lowest BCUT2D eigenvalue weighted by molar-refractivity contribution is -0.921. The molecule has 0 atom stereocenters. The lowest BCUT2D eigenvalue weighted by Crippen LogP contribution is -2.52. The Morgan fingerprint density at radius 3 is 1.28 bits per heavy atom. The summed E-state index contributed by atoms with van der Waals surface area (Å²) in [6, 6.07) is 0. The van der Waals surface area contributed by atoms with Crippen molar-refractivity contribution < 1.29 is 34.2 Å². The molecule has 0 heterocycles. The van der Waals surface area contributed by atoms with E-state index in [0.717, 1.165) is 12.8 Å². The molecule has 0 aromatic heterocycles. The van der Waals surface area contributed by atoms with Gasteiger partial charge in [-0.3, -0.25) is 9.59 Å². The first-order valence-corrected chi connectivity index (χ1v) is 15.9. The smallest absolute Gasteiger partial charge is 0.309 e. The normalized spacial score (nSPS) is 11.8. The van der Waals surface area contributed by atoms with Gasteiger partial charge in [-0.1, -0.05) is 122 Å². The van der Waals surface area contributed by atoms with Gasteiger partial charge in [-0.15, -0.1) is 0 Å². The van der Waals surface area contributed by atoms with E-state index in [0.29, 0.717) is 6.54 Å². The van der Waals surface area contributed by atoms with Crippen LogP contribution in [0.3, 0.4) is 0 Å². The molecule has 0 saturated carbocycles. The van der Waals surface area contributed by atoms with Gasteiger partial charge in [0, 0.05) is 12.4 Å². The summed E-state index contributed by atoms with van der Waals surface area (Å²) >= 11 is 0. The topological polar surface area (TPSA) is 115 Å². The molecule has 7 nitrogen and oxygen atoms in total. The van der Waals surface area contributed by atoms with E-state index in [9.17, 15) is 19.5 Å².